The lowest BCUT2D eigenvalue weighted by Crippen LogP contribution is -2.22. The predicted octanol–water partition coefficient (Wildman–Crippen LogP) is 1.35. The van der Waals surface area contributed by atoms with E-state index >= 15 is 0 Å². The van der Waals surface area contributed by atoms with Gasteiger partial charge < -0.3 is 5.32 Å². The maximum absolute atomic E-state index is 4.53. The summed E-state index contributed by atoms with van der Waals surface area (Å²) in [5.41, 5.74) is 1.29. The first-order valence-corrected chi connectivity index (χ1v) is 4.90. The highest BCUT2D eigenvalue weighted by Crippen LogP contribution is 2.21. The monoisotopic (exact) mass is 168 g/mol. The zero-order valence-electron chi connectivity index (χ0n) is 6.68. The first-order valence-electron chi connectivity index (χ1n) is 4.08. The molecule has 1 aromatic heterocycles. The Balaban J connectivity index is 2.32. The average molecular weight is 168 g/mol. The first-order chi connectivity index (χ1) is 5.40. The molecule has 0 spiro atoms. The van der Waals surface area contributed by atoms with E-state index in [2.05, 4.69) is 17.2 Å². The van der Waals surface area contributed by atoms with Crippen LogP contribution in [0.2, 0.25) is 0 Å². The molecule has 3 heteroatoms. The van der Waals surface area contributed by atoms with Crippen LogP contribution in [0.25, 0.3) is 0 Å². The minimum absolute atomic E-state index is 0.978. The lowest BCUT2D eigenvalue weighted by Gasteiger charge is -2.09. The fraction of sp³-hybridized carbons (Fsp3) is 0.625. The highest BCUT2D eigenvalue weighted by atomic mass is 32.1. The van der Waals surface area contributed by atoms with Gasteiger partial charge in [0.2, 0.25) is 0 Å². The van der Waals surface area contributed by atoms with Crippen molar-refractivity contribution in [3.63, 3.8) is 0 Å². The smallest absolute Gasteiger partial charge is 0.0928 e. The Labute approximate surface area is 70.7 Å². The molecule has 60 valence electrons. The van der Waals surface area contributed by atoms with Crippen LogP contribution < -0.4 is 5.32 Å². The van der Waals surface area contributed by atoms with Gasteiger partial charge in [0.1, 0.15) is 0 Å². The molecule has 1 aliphatic heterocycles. The molecule has 1 N–H and O–H groups in total. The standard InChI is InChI=1S/C8H12N2S/c1-2-8-10-6-5-9-4-3-7(6)11-8/h9H,2-5H2,1H3. The normalized spacial score (nSPS) is 16.5. The summed E-state index contributed by atoms with van der Waals surface area (Å²) in [4.78, 5) is 6.03. The van der Waals surface area contributed by atoms with E-state index in [1.807, 2.05) is 11.3 Å². The lowest BCUT2D eigenvalue weighted by atomic mass is 10.2. The van der Waals surface area contributed by atoms with Gasteiger partial charge in [-0.25, -0.2) is 4.98 Å². The van der Waals surface area contributed by atoms with E-state index in [0.29, 0.717) is 0 Å². The summed E-state index contributed by atoms with van der Waals surface area (Å²) in [5.74, 6) is 0. The average Bonchev–Trinajstić information content (AvgIpc) is 2.46. The van der Waals surface area contributed by atoms with Crippen LogP contribution in [0, 0.1) is 0 Å². The number of hydrogen-bond donors (Lipinski definition) is 1. The molecule has 0 amide bonds. The molecule has 0 aromatic carbocycles. The third-order valence-electron chi connectivity index (χ3n) is 1.95. The Kier molecular flexibility index (Phi) is 1.92. The highest BCUT2D eigenvalue weighted by molar-refractivity contribution is 7.11. The maximum atomic E-state index is 4.53. The fourth-order valence-electron chi connectivity index (χ4n) is 1.33. The molecule has 0 bridgehead atoms. The largest absolute Gasteiger partial charge is 0.311 e. The Morgan fingerprint density at radius 2 is 2.55 bits per heavy atom. The number of thiazole rings is 1. The van der Waals surface area contributed by atoms with Gasteiger partial charge in [0.15, 0.2) is 0 Å². The molecule has 11 heavy (non-hydrogen) atoms. The minimum atomic E-state index is 0.978. The quantitative estimate of drug-likeness (QED) is 0.684. The topological polar surface area (TPSA) is 24.9 Å². The molecule has 0 radical (unpaired) electrons. The molecule has 0 saturated heterocycles. The summed E-state index contributed by atoms with van der Waals surface area (Å²) in [6.07, 6.45) is 2.25. The molecule has 1 aliphatic rings. The van der Waals surface area contributed by atoms with E-state index in [0.717, 1.165) is 19.5 Å². The van der Waals surface area contributed by atoms with Gasteiger partial charge in [-0.2, -0.15) is 0 Å². The van der Waals surface area contributed by atoms with E-state index in [1.54, 1.807) is 0 Å². The first kappa shape index (κ1) is 7.25. The second-order valence-electron chi connectivity index (χ2n) is 2.76. The van der Waals surface area contributed by atoms with Crippen molar-refractivity contribution in [1.82, 2.24) is 10.3 Å². The van der Waals surface area contributed by atoms with Crippen molar-refractivity contribution in [3.05, 3.63) is 15.6 Å². The van der Waals surface area contributed by atoms with Crippen molar-refractivity contribution in [3.8, 4) is 0 Å². The molecule has 0 aliphatic carbocycles. The van der Waals surface area contributed by atoms with Crippen LogP contribution in [0.3, 0.4) is 0 Å². The number of hydrogen-bond acceptors (Lipinski definition) is 3. The van der Waals surface area contributed by atoms with Crippen LogP contribution >= 0.6 is 11.3 Å². The fourth-order valence-corrected chi connectivity index (χ4v) is 2.35. The number of fused-ring (bicyclic) bond motifs is 1. The Bertz CT molecular complexity index is 231. The van der Waals surface area contributed by atoms with Gasteiger partial charge in [0, 0.05) is 18.0 Å². The molecule has 2 rings (SSSR count). The maximum Gasteiger partial charge on any atom is 0.0928 e. The third kappa shape index (κ3) is 1.30. The molecule has 2 heterocycles. The third-order valence-corrected chi connectivity index (χ3v) is 3.25. The van der Waals surface area contributed by atoms with E-state index in [1.165, 1.54) is 22.0 Å². The molecular weight excluding hydrogens is 156 g/mol. The van der Waals surface area contributed by atoms with Crippen molar-refractivity contribution in [1.29, 1.82) is 0 Å². The summed E-state index contributed by atoms with van der Waals surface area (Å²) >= 11 is 1.88. The van der Waals surface area contributed by atoms with Crippen LogP contribution in [0.1, 0.15) is 22.5 Å². The van der Waals surface area contributed by atoms with Crippen LogP contribution in [0.15, 0.2) is 0 Å². The number of aromatic nitrogens is 1. The summed E-state index contributed by atoms with van der Waals surface area (Å²) in [5, 5.41) is 4.61. The molecular formula is C8H12N2S. The van der Waals surface area contributed by atoms with Crippen molar-refractivity contribution in [2.75, 3.05) is 6.54 Å². The van der Waals surface area contributed by atoms with Crippen molar-refractivity contribution in [2.24, 2.45) is 0 Å². The minimum Gasteiger partial charge on any atom is -0.311 e. The molecule has 0 saturated carbocycles. The van der Waals surface area contributed by atoms with Crippen LogP contribution in [0.5, 0.6) is 0 Å². The van der Waals surface area contributed by atoms with Gasteiger partial charge in [-0.15, -0.1) is 11.3 Å². The number of aryl methyl sites for hydroxylation is 1. The predicted molar refractivity (Wildman–Crippen MR) is 46.9 cm³/mol. The molecule has 1 aromatic rings. The number of nitrogens with zero attached hydrogens (tertiary/aromatic N) is 1. The van der Waals surface area contributed by atoms with Gasteiger partial charge in [-0.3, -0.25) is 0 Å². The van der Waals surface area contributed by atoms with E-state index in [4.69, 9.17) is 0 Å². The Morgan fingerprint density at radius 3 is 3.27 bits per heavy atom. The van der Waals surface area contributed by atoms with Gasteiger partial charge in [0.25, 0.3) is 0 Å². The van der Waals surface area contributed by atoms with Gasteiger partial charge in [0.05, 0.1) is 10.7 Å². The van der Waals surface area contributed by atoms with Crippen molar-refractivity contribution >= 4 is 11.3 Å². The molecule has 0 unspecified atom stereocenters. The van der Waals surface area contributed by atoms with Crippen LogP contribution in [0.4, 0.5) is 0 Å². The number of nitrogens with one attached hydrogen (secondary N) is 1. The molecule has 0 fully saturated rings. The summed E-state index contributed by atoms with van der Waals surface area (Å²) < 4.78 is 0. The number of rotatable bonds is 1. The zero-order chi connectivity index (χ0) is 7.68. The van der Waals surface area contributed by atoms with Gasteiger partial charge >= 0.3 is 0 Å². The van der Waals surface area contributed by atoms with E-state index in [9.17, 15) is 0 Å². The zero-order valence-corrected chi connectivity index (χ0v) is 7.50. The Hall–Kier alpha value is -0.410. The van der Waals surface area contributed by atoms with Crippen LogP contribution in [-0.4, -0.2) is 11.5 Å². The summed E-state index contributed by atoms with van der Waals surface area (Å²) in [6.45, 7) is 4.27. The Morgan fingerprint density at radius 1 is 1.64 bits per heavy atom. The summed E-state index contributed by atoms with van der Waals surface area (Å²) in [6, 6.07) is 0. The molecule has 0 atom stereocenters. The van der Waals surface area contributed by atoms with Crippen molar-refractivity contribution < 1.29 is 0 Å². The SMILES string of the molecule is CCc1nc2c(s1)CCNC2. The summed E-state index contributed by atoms with van der Waals surface area (Å²) in [7, 11) is 0. The second kappa shape index (κ2) is 2.91. The van der Waals surface area contributed by atoms with Crippen molar-refractivity contribution in [2.45, 2.75) is 26.3 Å². The van der Waals surface area contributed by atoms with Gasteiger partial charge in [-0.1, -0.05) is 6.92 Å². The highest BCUT2D eigenvalue weighted by Gasteiger charge is 2.12. The van der Waals surface area contributed by atoms with E-state index < -0.39 is 0 Å². The second-order valence-corrected chi connectivity index (χ2v) is 3.93. The van der Waals surface area contributed by atoms with E-state index in [-0.39, 0.29) is 0 Å². The van der Waals surface area contributed by atoms with Gasteiger partial charge in [-0.05, 0) is 12.8 Å². The lowest BCUT2D eigenvalue weighted by molar-refractivity contribution is 0.637. The van der Waals surface area contributed by atoms with Crippen LogP contribution in [-0.2, 0) is 19.4 Å². The molecule has 2 nitrogen and oxygen atoms in total.